The molecule has 172 valence electrons. The van der Waals surface area contributed by atoms with Crippen molar-refractivity contribution < 1.29 is 27.6 Å². The van der Waals surface area contributed by atoms with Crippen LogP contribution in [-0.2, 0) is 15.7 Å². The minimum Gasteiger partial charge on any atom is -0.463 e. The summed E-state index contributed by atoms with van der Waals surface area (Å²) in [5, 5.41) is 14.7. The van der Waals surface area contributed by atoms with Crippen molar-refractivity contribution in [2.24, 2.45) is 0 Å². The van der Waals surface area contributed by atoms with E-state index in [9.17, 15) is 28.1 Å². The lowest BCUT2D eigenvalue weighted by molar-refractivity contribution is -0.384. The third kappa shape index (κ3) is 5.65. The average Bonchev–Trinajstić information content (AvgIpc) is 3.18. The number of hydrogen-bond donors (Lipinski definition) is 0. The van der Waals surface area contributed by atoms with Gasteiger partial charge in [-0.15, -0.1) is 0 Å². The van der Waals surface area contributed by atoms with Crippen molar-refractivity contribution in [3.05, 3.63) is 82.0 Å². The number of benzene rings is 2. The number of esters is 1. The second-order valence-corrected chi connectivity index (χ2v) is 7.01. The van der Waals surface area contributed by atoms with Gasteiger partial charge in [0.2, 0.25) is 0 Å². The van der Waals surface area contributed by atoms with Gasteiger partial charge in [0.15, 0.2) is 5.69 Å². The van der Waals surface area contributed by atoms with Gasteiger partial charge in [-0.3, -0.25) is 10.1 Å². The van der Waals surface area contributed by atoms with Gasteiger partial charge in [-0.25, -0.2) is 9.48 Å². The first-order chi connectivity index (χ1) is 15.7. The van der Waals surface area contributed by atoms with Crippen LogP contribution < -0.4 is 0 Å². The van der Waals surface area contributed by atoms with Crippen LogP contribution in [0.4, 0.5) is 18.9 Å². The van der Waals surface area contributed by atoms with E-state index in [1.54, 1.807) is 30.3 Å². The molecule has 0 atom stereocenters. The van der Waals surface area contributed by atoms with Crippen LogP contribution in [0, 0.1) is 10.1 Å². The molecule has 1 aromatic heterocycles. The van der Waals surface area contributed by atoms with Gasteiger partial charge < -0.3 is 4.74 Å². The van der Waals surface area contributed by atoms with Gasteiger partial charge in [-0.1, -0.05) is 43.7 Å². The molecule has 0 aliphatic carbocycles. The molecular formula is C23H20F3N3O4. The van der Waals surface area contributed by atoms with Crippen LogP contribution in [0.15, 0.2) is 60.7 Å². The predicted octanol–water partition coefficient (Wildman–Crippen LogP) is 5.82. The summed E-state index contributed by atoms with van der Waals surface area (Å²) in [5.41, 5.74) is -1.04. The molecule has 0 bridgehead atoms. The van der Waals surface area contributed by atoms with E-state index in [4.69, 9.17) is 4.74 Å². The molecule has 3 aromatic rings. The van der Waals surface area contributed by atoms with E-state index >= 15 is 0 Å². The first-order valence-corrected chi connectivity index (χ1v) is 10.1. The Morgan fingerprint density at radius 2 is 1.82 bits per heavy atom. The average molecular weight is 459 g/mol. The lowest BCUT2D eigenvalue weighted by Crippen LogP contribution is -2.09. The highest BCUT2D eigenvalue weighted by atomic mass is 19.4. The zero-order chi connectivity index (χ0) is 24.0. The number of carbonyl (C=O) groups excluding carboxylic acids is 1. The molecule has 0 spiro atoms. The van der Waals surface area contributed by atoms with Crippen LogP contribution in [0.2, 0.25) is 0 Å². The van der Waals surface area contributed by atoms with Gasteiger partial charge in [0, 0.05) is 29.3 Å². The Morgan fingerprint density at radius 1 is 1.15 bits per heavy atom. The van der Waals surface area contributed by atoms with Gasteiger partial charge in [-0.05, 0) is 24.6 Å². The van der Waals surface area contributed by atoms with Crippen molar-refractivity contribution in [3.8, 4) is 16.9 Å². The number of rotatable bonds is 8. The fraction of sp³-hybridized carbons (Fsp3) is 0.217. The number of nitrogens with zero attached hydrogens (tertiary/aromatic N) is 3. The molecule has 1 heterocycles. The van der Waals surface area contributed by atoms with E-state index in [1.165, 1.54) is 24.3 Å². The van der Waals surface area contributed by atoms with Gasteiger partial charge in [-0.2, -0.15) is 18.3 Å². The smallest absolute Gasteiger partial charge is 0.435 e. The molecule has 33 heavy (non-hydrogen) atoms. The highest BCUT2D eigenvalue weighted by Gasteiger charge is 2.39. The van der Waals surface area contributed by atoms with Gasteiger partial charge in [0.25, 0.3) is 5.69 Å². The minimum absolute atomic E-state index is 0.0781. The van der Waals surface area contributed by atoms with Crippen molar-refractivity contribution in [1.82, 2.24) is 9.78 Å². The molecule has 0 aliphatic rings. The van der Waals surface area contributed by atoms with E-state index in [2.05, 4.69) is 5.10 Å². The fourth-order valence-corrected chi connectivity index (χ4v) is 3.09. The summed E-state index contributed by atoms with van der Waals surface area (Å²) in [7, 11) is 0. The first kappa shape index (κ1) is 23.7. The van der Waals surface area contributed by atoms with Gasteiger partial charge in [0.05, 0.1) is 22.9 Å². The third-order valence-electron chi connectivity index (χ3n) is 4.67. The summed E-state index contributed by atoms with van der Waals surface area (Å²) in [4.78, 5) is 22.3. The molecule has 0 aliphatic heterocycles. The molecule has 0 radical (unpaired) electrons. The third-order valence-corrected chi connectivity index (χ3v) is 4.67. The molecule has 0 N–H and O–H groups in total. The highest BCUT2D eigenvalue weighted by Crippen LogP contribution is 2.38. The van der Waals surface area contributed by atoms with Gasteiger partial charge in [0.1, 0.15) is 0 Å². The monoisotopic (exact) mass is 459 g/mol. The second kappa shape index (κ2) is 10.1. The summed E-state index contributed by atoms with van der Waals surface area (Å²) >= 11 is 0. The Balaban J connectivity index is 2.17. The number of ether oxygens (including phenoxy) is 1. The van der Waals surface area contributed by atoms with Crippen LogP contribution in [0.25, 0.3) is 23.0 Å². The number of nitro groups is 1. The van der Waals surface area contributed by atoms with Crippen LogP contribution in [-0.4, -0.2) is 27.3 Å². The largest absolute Gasteiger partial charge is 0.463 e. The maximum absolute atomic E-state index is 13.9. The zero-order valence-corrected chi connectivity index (χ0v) is 17.6. The number of unbranched alkanes of at least 4 members (excludes halogenated alkanes) is 1. The quantitative estimate of drug-likeness (QED) is 0.139. The first-order valence-electron chi connectivity index (χ1n) is 10.1. The summed E-state index contributed by atoms with van der Waals surface area (Å²) in [6.45, 7) is 2.08. The lowest BCUT2D eigenvalue weighted by atomic mass is 10.0. The number of alkyl halides is 3. The topological polar surface area (TPSA) is 87.3 Å². The van der Waals surface area contributed by atoms with E-state index in [1.807, 2.05) is 6.92 Å². The Bertz CT molecular complexity index is 1150. The van der Waals surface area contributed by atoms with E-state index in [-0.39, 0.29) is 29.2 Å². The summed E-state index contributed by atoms with van der Waals surface area (Å²) in [6.07, 6.45) is -1.40. The second-order valence-electron chi connectivity index (χ2n) is 7.01. The Morgan fingerprint density at radius 3 is 2.39 bits per heavy atom. The molecule has 0 saturated heterocycles. The number of hydrogen-bond acceptors (Lipinski definition) is 5. The minimum atomic E-state index is -4.82. The maximum atomic E-state index is 13.9. The van der Waals surface area contributed by atoms with Crippen LogP contribution in [0.5, 0.6) is 0 Å². The molecule has 10 heteroatoms. The predicted molar refractivity (Wildman–Crippen MR) is 116 cm³/mol. The van der Waals surface area contributed by atoms with Crippen molar-refractivity contribution >= 4 is 17.7 Å². The number of nitro benzene ring substituents is 1. The Labute approximate surface area is 187 Å². The summed E-state index contributed by atoms with van der Waals surface area (Å²) in [5.74, 6) is -0.765. The van der Waals surface area contributed by atoms with Crippen LogP contribution >= 0.6 is 0 Å². The molecule has 0 fully saturated rings. The molecular weight excluding hydrogens is 439 g/mol. The Kier molecular flexibility index (Phi) is 7.27. The van der Waals surface area contributed by atoms with E-state index in [0.29, 0.717) is 12.0 Å². The van der Waals surface area contributed by atoms with E-state index in [0.717, 1.165) is 23.3 Å². The number of non-ortho nitro benzene ring substituents is 1. The highest BCUT2D eigenvalue weighted by molar-refractivity contribution is 5.89. The van der Waals surface area contributed by atoms with Crippen LogP contribution in [0.3, 0.4) is 0 Å². The van der Waals surface area contributed by atoms with Crippen molar-refractivity contribution in [1.29, 1.82) is 0 Å². The van der Waals surface area contributed by atoms with Gasteiger partial charge >= 0.3 is 12.1 Å². The standard InChI is InChI=1S/C23H20F3N3O4/c1-2-3-15-33-20(30)14-13-19-21(16-7-5-4-6-8-16)28(27-22(19)23(24,25)26)17-9-11-18(12-10-17)29(31)32/h4-14H,2-3,15H2,1H3/b14-13+. The fourth-order valence-electron chi connectivity index (χ4n) is 3.09. The van der Waals surface area contributed by atoms with Crippen LogP contribution in [0.1, 0.15) is 31.0 Å². The zero-order valence-electron chi connectivity index (χ0n) is 17.6. The number of halogens is 3. The molecule has 0 unspecified atom stereocenters. The molecule has 3 rings (SSSR count). The van der Waals surface area contributed by atoms with Crippen molar-refractivity contribution in [2.45, 2.75) is 25.9 Å². The molecule has 0 amide bonds. The van der Waals surface area contributed by atoms with E-state index < -0.39 is 22.8 Å². The molecule has 2 aromatic carbocycles. The summed E-state index contributed by atoms with van der Waals surface area (Å²) < 4.78 is 47.8. The summed E-state index contributed by atoms with van der Waals surface area (Å²) in [6, 6.07) is 13.2. The lowest BCUT2D eigenvalue weighted by Gasteiger charge is -2.09. The van der Waals surface area contributed by atoms with Crippen molar-refractivity contribution in [3.63, 3.8) is 0 Å². The van der Waals surface area contributed by atoms with Crippen molar-refractivity contribution in [2.75, 3.05) is 6.61 Å². The number of aromatic nitrogens is 2. The molecule has 7 nitrogen and oxygen atoms in total. The number of carbonyl (C=O) groups is 1. The Hall–Kier alpha value is -3.95. The normalized spacial score (nSPS) is 11.6. The SMILES string of the molecule is CCCCOC(=O)/C=C/c1c(C(F)(F)F)nn(-c2ccc([N+](=O)[O-])cc2)c1-c1ccccc1. The maximum Gasteiger partial charge on any atom is 0.435 e. The molecule has 0 saturated carbocycles.